The molecule has 5 heteroatoms. The van der Waals surface area contributed by atoms with Crippen LogP contribution in [0.25, 0.3) is 11.3 Å². The molecule has 2 nitrogen and oxygen atoms in total. The Hall–Kier alpha value is -1.22. The molecule has 3 rings (SSSR count). The van der Waals surface area contributed by atoms with Crippen molar-refractivity contribution in [1.29, 1.82) is 0 Å². The number of phenols is 1. The first-order valence-electron chi connectivity index (χ1n) is 8.42. The molecule has 25 heavy (non-hydrogen) atoms. The molecule has 4 radical (unpaired) electrons. The highest BCUT2D eigenvalue weighted by molar-refractivity contribution is 9.10. The molecule has 1 aliphatic rings. The Morgan fingerprint density at radius 3 is 1.92 bits per heavy atom. The molecule has 1 N–H and O–H groups in total. The molecule has 0 atom stereocenters. The number of nitrogens with zero attached hydrogens (tertiary/aromatic N) is 1. The predicted molar refractivity (Wildman–Crippen MR) is 110 cm³/mol. The van der Waals surface area contributed by atoms with Crippen molar-refractivity contribution in [2.24, 2.45) is 5.41 Å². The maximum Gasteiger partial charge on any atom is 0.119 e. The zero-order valence-electron chi connectivity index (χ0n) is 15.7. The first kappa shape index (κ1) is 18.6. The van der Waals surface area contributed by atoms with Crippen molar-refractivity contribution in [3.8, 4) is 17.0 Å². The molecule has 1 heterocycles. The van der Waals surface area contributed by atoms with Crippen molar-refractivity contribution in [3.05, 3.63) is 33.9 Å². The number of halogens is 1. The molecule has 0 amide bonds. The van der Waals surface area contributed by atoms with Gasteiger partial charge in [0.15, 0.2) is 0 Å². The standard InChI is InChI=1S/C20H22B2BrNO/c1-18(2)13-14(19(3,4)20(18,5)6)16(22)17(25)12(15(13)21)11-8-7-10(23)9-24-11/h7-9,25H,1-6H3. The zero-order chi connectivity index (χ0) is 18.9. The van der Waals surface area contributed by atoms with E-state index in [-0.39, 0.29) is 22.0 Å². The summed E-state index contributed by atoms with van der Waals surface area (Å²) in [4.78, 5) is 4.41. The predicted octanol–water partition coefficient (Wildman–Crippen LogP) is 3.40. The highest BCUT2D eigenvalue weighted by Crippen LogP contribution is 2.61. The number of benzene rings is 1. The zero-order valence-corrected chi connectivity index (χ0v) is 17.2. The molecule has 0 unspecified atom stereocenters. The quantitative estimate of drug-likeness (QED) is 0.753. The number of phenolic OH excluding ortho intramolecular Hbond substituents is 1. The summed E-state index contributed by atoms with van der Waals surface area (Å²) in [6.45, 7) is 13.2. The van der Waals surface area contributed by atoms with E-state index in [4.69, 9.17) is 15.7 Å². The van der Waals surface area contributed by atoms with Crippen LogP contribution in [0.4, 0.5) is 0 Å². The first-order valence-corrected chi connectivity index (χ1v) is 9.21. The van der Waals surface area contributed by atoms with Gasteiger partial charge in [-0.15, -0.1) is 0 Å². The smallest absolute Gasteiger partial charge is 0.119 e. The van der Waals surface area contributed by atoms with Crippen LogP contribution in [0.15, 0.2) is 22.8 Å². The van der Waals surface area contributed by atoms with Gasteiger partial charge in [-0.25, -0.2) is 0 Å². The molecule has 0 fully saturated rings. The molecular weight excluding hydrogens is 372 g/mol. The average molecular weight is 394 g/mol. The Morgan fingerprint density at radius 2 is 1.44 bits per heavy atom. The van der Waals surface area contributed by atoms with E-state index in [1.54, 1.807) is 6.20 Å². The summed E-state index contributed by atoms with van der Waals surface area (Å²) in [6.07, 6.45) is 1.69. The molecule has 0 spiro atoms. The van der Waals surface area contributed by atoms with Gasteiger partial charge in [-0.3, -0.25) is 4.98 Å². The van der Waals surface area contributed by atoms with Crippen LogP contribution in [-0.4, -0.2) is 25.8 Å². The average Bonchev–Trinajstić information content (AvgIpc) is 2.62. The molecule has 2 aromatic rings. The highest BCUT2D eigenvalue weighted by Gasteiger charge is 2.58. The lowest BCUT2D eigenvalue weighted by atomic mass is 9.58. The monoisotopic (exact) mass is 393 g/mol. The lowest BCUT2D eigenvalue weighted by Gasteiger charge is -2.45. The summed E-state index contributed by atoms with van der Waals surface area (Å²) in [5.74, 6) is 0.0210. The van der Waals surface area contributed by atoms with E-state index < -0.39 is 0 Å². The number of pyridine rings is 1. The third kappa shape index (κ3) is 2.21. The SMILES string of the molecule is [B]c1c(O)c(-c2ccc(Br)cn2)c([B])c2c1C(C)(C)C(C)(C)C2(C)C. The Labute approximate surface area is 161 Å². The molecular formula is C20H22B2BrNO. The number of fused-ring (bicyclic) bond motifs is 1. The highest BCUT2D eigenvalue weighted by atomic mass is 79.9. The van der Waals surface area contributed by atoms with E-state index in [0.717, 1.165) is 15.6 Å². The molecule has 0 saturated carbocycles. The van der Waals surface area contributed by atoms with Crippen LogP contribution in [0.1, 0.15) is 52.7 Å². The van der Waals surface area contributed by atoms with E-state index in [1.165, 1.54) is 0 Å². The van der Waals surface area contributed by atoms with Gasteiger partial charge in [-0.1, -0.05) is 52.5 Å². The molecule has 1 aromatic heterocycles. The van der Waals surface area contributed by atoms with E-state index in [1.807, 2.05) is 12.1 Å². The second-order valence-corrected chi connectivity index (χ2v) is 9.45. The number of aromatic hydroxyl groups is 1. The lowest BCUT2D eigenvalue weighted by molar-refractivity contribution is 0.125. The van der Waals surface area contributed by atoms with Crippen molar-refractivity contribution in [2.75, 3.05) is 0 Å². The Bertz CT molecular complexity index is 871. The minimum Gasteiger partial charge on any atom is -0.508 e. The van der Waals surface area contributed by atoms with Crippen LogP contribution < -0.4 is 10.9 Å². The summed E-state index contributed by atoms with van der Waals surface area (Å²) in [7, 11) is 13.1. The summed E-state index contributed by atoms with van der Waals surface area (Å²) < 4.78 is 0.867. The van der Waals surface area contributed by atoms with Gasteiger partial charge in [0.1, 0.15) is 21.4 Å². The number of hydrogen-bond acceptors (Lipinski definition) is 2. The van der Waals surface area contributed by atoms with Gasteiger partial charge in [-0.05, 0) is 55.4 Å². The third-order valence-corrected chi connectivity index (χ3v) is 7.38. The fourth-order valence-corrected chi connectivity index (χ4v) is 4.50. The van der Waals surface area contributed by atoms with Crippen LogP contribution in [-0.2, 0) is 10.8 Å². The van der Waals surface area contributed by atoms with Crippen LogP contribution in [0, 0.1) is 5.41 Å². The van der Waals surface area contributed by atoms with Gasteiger partial charge in [0.2, 0.25) is 0 Å². The van der Waals surface area contributed by atoms with Crippen molar-refractivity contribution in [2.45, 2.75) is 52.4 Å². The van der Waals surface area contributed by atoms with Crippen molar-refractivity contribution < 1.29 is 5.11 Å². The number of rotatable bonds is 1. The maximum absolute atomic E-state index is 10.9. The summed E-state index contributed by atoms with van der Waals surface area (Å²) in [6, 6.07) is 3.71. The van der Waals surface area contributed by atoms with E-state index >= 15 is 0 Å². The second-order valence-electron chi connectivity index (χ2n) is 8.54. The molecule has 0 bridgehead atoms. The molecule has 1 aromatic carbocycles. The topological polar surface area (TPSA) is 33.1 Å². The Kier molecular flexibility index (Phi) is 4.00. The summed E-state index contributed by atoms with van der Waals surface area (Å²) in [5.41, 5.74) is 3.57. The fraction of sp³-hybridized carbons (Fsp3) is 0.450. The molecule has 0 aliphatic heterocycles. The van der Waals surface area contributed by atoms with Crippen LogP contribution in [0.3, 0.4) is 0 Å². The van der Waals surface area contributed by atoms with Gasteiger partial charge < -0.3 is 5.11 Å². The minimum absolute atomic E-state index is 0.0210. The van der Waals surface area contributed by atoms with Gasteiger partial charge in [0.25, 0.3) is 0 Å². The molecule has 1 aliphatic carbocycles. The van der Waals surface area contributed by atoms with E-state index in [2.05, 4.69) is 62.5 Å². The maximum atomic E-state index is 10.9. The third-order valence-electron chi connectivity index (χ3n) is 6.91. The van der Waals surface area contributed by atoms with Crippen LogP contribution in [0.5, 0.6) is 5.75 Å². The van der Waals surface area contributed by atoms with Crippen molar-refractivity contribution in [3.63, 3.8) is 0 Å². The van der Waals surface area contributed by atoms with Crippen molar-refractivity contribution >= 4 is 42.5 Å². The Morgan fingerprint density at radius 1 is 0.920 bits per heavy atom. The number of hydrogen-bond donors (Lipinski definition) is 1. The Balaban J connectivity index is 2.44. The van der Waals surface area contributed by atoms with Gasteiger partial charge >= 0.3 is 0 Å². The normalized spacial score (nSPS) is 19.6. The molecule has 0 saturated heterocycles. The summed E-state index contributed by atoms with van der Waals surface area (Å²) >= 11 is 3.39. The van der Waals surface area contributed by atoms with Gasteiger partial charge in [0, 0.05) is 16.2 Å². The first-order chi connectivity index (χ1) is 11.4. The second kappa shape index (κ2) is 5.39. The molecule has 126 valence electrons. The van der Waals surface area contributed by atoms with Gasteiger partial charge in [-0.2, -0.15) is 0 Å². The van der Waals surface area contributed by atoms with Crippen LogP contribution in [0.2, 0.25) is 0 Å². The number of aromatic nitrogens is 1. The fourth-order valence-electron chi connectivity index (χ4n) is 4.26. The van der Waals surface area contributed by atoms with E-state index in [0.29, 0.717) is 22.2 Å². The van der Waals surface area contributed by atoms with E-state index in [9.17, 15) is 5.11 Å². The van der Waals surface area contributed by atoms with Gasteiger partial charge in [0.05, 0.1) is 5.69 Å². The minimum atomic E-state index is -0.229. The largest absolute Gasteiger partial charge is 0.508 e. The van der Waals surface area contributed by atoms with Crippen LogP contribution >= 0.6 is 15.9 Å². The lowest BCUT2D eigenvalue weighted by Crippen LogP contribution is -2.43. The van der Waals surface area contributed by atoms with Crippen molar-refractivity contribution in [1.82, 2.24) is 4.98 Å². The summed E-state index contributed by atoms with van der Waals surface area (Å²) in [5, 5.41) is 10.9.